The number of imidazole rings is 1. The summed E-state index contributed by atoms with van der Waals surface area (Å²) < 4.78 is 6.52. The highest BCUT2D eigenvalue weighted by atomic mass is 35.5. The van der Waals surface area contributed by atoms with E-state index < -0.39 is 24.0 Å². The van der Waals surface area contributed by atoms with Gasteiger partial charge in [0.25, 0.3) is 0 Å². The quantitative estimate of drug-likeness (QED) is 0.400. The van der Waals surface area contributed by atoms with Crippen LogP contribution in [0.3, 0.4) is 0 Å². The van der Waals surface area contributed by atoms with Crippen molar-refractivity contribution in [1.82, 2.24) is 14.5 Å². The Bertz CT molecular complexity index is 1200. The van der Waals surface area contributed by atoms with Gasteiger partial charge in [0.05, 0.1) is 18.1 Å². The van der Waals surface area contributed by atoms with E-state index in [4.69, 9.17) is 16.6 Å². The molecule has 3 aromatic rings. The van der Waals surface area contributed by atoms with Crippen LogP contribution in [0.4, 0.5) is 0 Å². The largest absolute Gasteiger partial charge is 0.466 e. The van der Waals surface area contributed by atoms with Crippen molar-refractivity contribution < 1.29 is 19.4 Å². The Labute approximate surface area is 197 Å². The molecule has 1 amide bonds. The third-order valence-electron chi connectivity index (χ3n) is 5.91. The number of amides is 1. The van der Waals surface area contributed by atoms with Gasteiger partial charge in [-0.15, -0.1) is 0 Å². The van der Waals surface area contributed by atoms with Gasteiger partial charge in [0, 0.05) is 30.8 Å². The lowest BCUT2D eigenvalue weighted by Crippen LogP contribution is -2.40. The summed E-state index contributed by atoms with van der Waals surface area (Å²) >= 11 is 6.20. The zero-order chi connectivity index (χ0) is 23.5. The Hall–Kier alpha value is -3.16. The molecular formula is C25H26ClN3O4. The number of methoxy groups -OCH3 is 1. The second-order valence-electron chi connectivity index (χ2n) is 8.25. The van der Waals surface area contributed by atoms with E-state index in [0.29, 0.717) is 28.9 Å². The van der Waals surface area contributed by atoms with Crippen LogP contribution >= 0.6 is 11.6 Å². The molecule has 0 unspecified atom stereocenters. The Kier molecular flexibility index (Phi) is 6.81. The van der Waals surface area contributed by atoms with Crippen LogP contribution in [0.2, 0.25) is 5.02 Å². The minimum atomic E-state index is -1.09. The third-order valence-corrected chi connectivity index (χ3v) is 6.14. The number of esters is 1. The van der Waals surface area contributed by atoms with E-state index in [0.717, 1.165) is 30.0 Å². The molecule has 0 aliphatic heterocycles. The number of nitrogens with zero attached hydrogens (tertiary/aromatic N) is 3. The number of aromatic nitrogens is 2. The number of rotatable bonds is 8. The van der Waals surface area contributed by atoms with Crippen LogP contribution in [0.15, 0.2) is 60.7 Å². The molecule has 1 heterocycles. The highest BCUT2D eigenvalue weighted by Crippen LogP contribution is 2.39. The summed E-state index contributed by atoms with van der Waals surface area (Å²) in [6, 6.07) is 13.8. The van der Waals surface area contributed by atoms with Gasteiger partial charge < -0.3 is 19.3 Å². The highest BCUT2D eigenvalue weighted by molar-refractivity contribution is 6.30. The van der Waals surface area contributed by atoms with Crippen LogP contribution < -0.4 is 0 Å². The van der Waals surface area contributed by atoms with Gasteiger partial charge in [-0.1, -0.05) is 35.9 Å². The molecule has 0 spiro atoms. The molecule has 2 aromatic carbocycles. The fourth-order valence-electron chi connectivity index (χ4n) is 3.97. The maximum Gasteiger partial charge on any atom is 0.330 e. The number of aryl methyl sites for hydroxylation is 1. The second-order valence-corrected chi connectivity index (χ2v) is 8.69. The summed E-state index contributed by atoms with van der Waals surface area (Å²) in [7, 11) is 3.12. The second kappa shape index (κ2) is 9.77. The first-order valence-corrected chi connectivity index (χ1v) is 11.2. The first-order valence-electron chi connectivity index (χ1n) is 10.8. The zero-order valence-corrected chi connectivity index (χ0v) is 19.3. The maximum atomic E-state index is 13.3. The fourth-order valence-corrected chi connectivity index (χ4v) is 4.17. The summed E-state index contributed by atoms with van der Waals surface area (Å²) in [5.41, 5.74) is 2.23. The normalized spacial score (nSPS) is 15.5. The van der Waals surface area contributed by atoms with E-state index in [1.807, 2.05) is 35.9 Å². The van der Waals surface area contributed by atoms with E-state index in [1.165, 1.54) is 13.2 Å². The Morgan fingerprint density at radius 2 is 2.00 bits per heavy atom. The van der Waals surface area contributed by atoms with Crippen molar-refractivity contribution >= 4 is 34.5 Å². The van der Waals surface area contributed by atoms with E-state index >= 15 is 0 Å². The van der Waals surface area contributed by atoms with Crippen molar-refractivity contribution in [2.75, 3.05) is 13.7 Å². The van der Waals surface area contributed by atoms with E-state index in [9.17, 15) is 14.7 Å². The number of carbonyl (C=O) groups is 2. The molecule has 2 atom stereocenters. The maximum absolute atomic E-state index is 13.3. The highest BCUT2D eigenvalue weighted by Gasteiger charge is 2.38. The molecular weight excluding hydrogens is 442 g/mol. The topological polar surface area (TPSA) is 84.7 Å². The fraction of sp³-hybridized carbons (Fsp3) is 0.320. The van der Waals surface area contributed by atoms with Gasteiger partial charge in [-0.25, -0.2) is 9.78 Å². The number of carbonyl (C=O) groups excluding carboxylic acids is 2. The van der Waals surface area contributed by atoms with E-state index in [1.54, 1.807) is 29.2 Å². The van der Waals surface area contributed by atoms with Crippen LogP contribution in [0.25, 0.3) is 11.0 Å². The van der Waals surface area contributed by atoms with Crippen LogP contribution in [0.5, 0.6) is 0 Å². The van der Waals surface area contributed by atoms with Crippen molar-refractivity contribution in [3.05, 3.63) is 77.1 Å². The third kappa shape index (κ3) is 5.10. The SMILES string of the molecule is COC(=O)/C=C/C(=O)N(CC1CC1)[C@H](c1nc2ccccc2n1C)[C@H](O)c1cccc(Cl)c1. The van der Waals surface area contributed by atoms with E-state index in [-0.39, 0.29) is 0 Å². The van der Waals surface area contributed by atoms with Crippen LogP contribution in [0.1, 0.15) is 36.4 Å². The van der Waals surface area contributed by atoms with Crippen LogP contribution in [0, 0.1) is 5.92 Å². The van der Waals surface area contributed by atoms with Crippen molar-refractivity contribution in [3.63, 3.8) is 0 Å². The molecule has 1 aliphatic carbocycles. The summed E-state index contributed by atoms with van der Waals surface area (Å²) in [4.78, 5) is 31.3. The summed E-state index contributed by atoms with van der Waals surface area (Å²) in [6.07, 6.45) is 3.21. The molecule has 0 saturated heterocycles. The smallest absolute Gasteiger partial charge is 0.330 e. The Morgan fingerprint density at radius 3 is 2.67 bits per heavy atom. The molecule has 33 heavy (non-hydrogen) atoms. The number of benzene rings is 2. The van der Waals surface area contributed by atoms with E-state index in [2.05, 4.69) is 4.74 Å². The summed E-state index contributed by atoms with van der Waals surface area (Å²) in [5.74, 6) is -0.136. The monoisotopic (exact) mass is 467 g/mol. The average molecular weight is 468 g/mol. The van der Waals surface area contributed by atoms with Crippen LogP contribution in [-0.2, 0) is 21.4 Å². The lowest BCUT2D eigenvalue weighted by Gasteiger charge is -2.34. The standard InChI is InChI=1S/C25H26ClN3O4/c1-28-20-9-4-3-8-19(20)27-25(28)23(24(32)17-6-5-7-18(26)14-17)29(15-16-10-11-16)21(30)12-13-22(31)33-2/h3-9,12-14,16,23-24,32H,10-11,15H2,1-2H3/b13-12+/t23-,24+/m0/s1. The number of halogens is 1. The molecule has 0 radical (unpaired) electrons. The molecule has 1 aromatic heterocycles. The average Bonchev–Trinajstić information content (AvgIpc) is 3.59. The minimum Gasteiger partial charge on any atom is -0.466 e. The first kappa shape index (κ1) is 23.0. The van der Waals surface area contributed by atoms with Crippen molar-refractivity contribution in [2.24, 2.45) is 13.0 Å². The molecule has 0 bridgehead atoms. The molecule has 1 fully saturated rings. The van der Waals surface area contributed by atoms with Gasteiger partial charge >= 0.3 is 5.97 Å². The van der Waals surface area contributed by atoms with Crippen molar-refractivity contribution in [3.8, 4) is 0 Å². The molecule has 1 N–H and O–H groups in total. The summed E-state index contributed by atoms with van der Waals surface area (Å²) in [6.45, 7) is 0.440. The number of hydrogen-bond acceptors (Lipinski definition) is 5. The predicted octanol–water partition coefficient (Wildman–Crippen LogP) is 3.97. The lowest BCUT2D eigenvalue weighted by atomic mass is 9.99. The zero-order valence-electron chi connectivity index (χ0n) is 18.5. The van der Waals surface area contributed by atoms with Gasteiger partial charge in [0.1, 0.15) is 18.0 Å². The molecule has 1 saturated carbocycles. The van der Waals surface area contributed by atoms with Crippen LogP contribution in [-0.4, -0.2) is 45.1 Å². The van der Waals surface area contributed by atoms with Crippen molar-refractivity contribution in [1.29, 1.82) is 0 Å². The first-order chi connectivity index (χ1) is 15.9. The van der Waals surface area contributed by atoms with Gasteiger partial charge in [-0.2, -0.15) is 0 Å². The number of aliphatic hydroxyl groups is 1. The van der Waals surface area contributed by atoms with Gasteiger partial charge in [0.15, 0.2) is 0 Å². The Morgan fingerprint density at radius 1 is 1.24 bits per heavy atom. The molecule has 1 aliphatic rings. The predicted molar refractivity (Wildman–Crippen MR) is 125 cm³/mol. The van der Waals surface area contributed by atoms with Gasteiger partial charge in [-0.3, -0.25) is 4.79 Å². The molecule has 7 nitrogen and oxygen atoms in total. The van der Waals surface area contributed by atoms with Gasteiger partial charge in [0.2, 0.25) is 5.91 Å². The molecule has 172 valence electrons. The van der Waals surface area contributed by atoms with Crippen molar-refractivity contribution in [2.45, 2.75) is 25.0 Å². The minimum absolute atomic E-state index is 0.337. The number of para-hydroxylation sites is 2. The lowest BCUT2D eigenvalue weighted by molar-refractivity contribution is -0.136. The molecule has 4 rings (SSSR count). The number of hydrogen-bond donors (Lipinski definition) is 1. The summed E-state index contributed by atoms with van der Waals surface area (Å²) in [5, 5.41) is 12.0. The number of ether oxygens (including phenoxy) is 1. The number of aliphatic hydroxyl groups excluding tert-OH is 1. The number of fused-ring (bicyclic) bond motifs is 1. The van der Waals surface area contributed by atoms with Gasteiger partial charge in [-0.05, 0) is 48.6 Å². The molecule has 8 heteroatoms. The Balaban J connectivity index is 1.83.